The average molecular weight is 666 g/mol. The second-order valence-electron chi connectivity index (χ2n) is 9.45. The van der Waals surface area contributed by atoms with Crippen molar-refractivity contribution >= 4 is 40.7 Å². The molecule has 1 aliphatic carbocycles. The molecule has 3 rings (SSSR count). The molecule has 0 saturated carbocycles. The summed E-state index contributed by atoms with van der Waals surface area (Å²) >= 11 is 1.97. The molecule has 0 aromatic heterocycles. The van der Waals surface area contributed by atoms with Crippen molar-refractivity contribution in [2.24, 2.45) is 0 Å². The van der Waals surface area contributed by atoms with Gasteiger partial charge in [0, 0.05) is 42.3 Å². The Labute approximate surface area is 245 Å². The minimum atomic E-state index is -1.33. The molecule has 214 valence electrons. The van der Waals surface area contributed by atoms with E-state index < -0.39 is 35.9 Å². The number of rotatable bonds is 11. The van der Waals surface area contributed by atoms with Crippen molar-refractivity contribution in [1.29, 1.82) is 0 Å². The maximum absolute atomic E-state index is 14.7. The number of hydrogen-bond acceptors (Lipinski definition) is 7. The fourth-order valence-electron chi connectivity index (χ4n) is 4.34. The fraction of sp³-hybridized carbons (Fsp3) is 0.345. The summed E-state index contributed by atoms with van der Waals surface area (Å²) in [5, 5.41) is 23.4. The lowest BCUT2D eigenvalue weighted by Crippen LogP contribution is -2.54. The fourth-order valence-corrected chi connectivity index (χ4v) is 5.09. The molecule has 2 aromatic carbocycles. The van der Waals surface area contributed by atoms with Gasteiger partial charge in [0.05, 0.1) is 23.3 Å². The van der Waals surface area contributed by atoms with E-state index in [9.17, 15) is 29.0 Å². The van der Waals surface area contributed by atoms with Gasteiger partial charge in [0.2, 0.25) is 11.8 Å². The van der Waals surface area contributed by atoms with Gasteiger partial charge >= 0.3 is 0 Å². The van der Waals surface area contributed by atoms with Gasteiger partial charge in [-0.25, -0.2) is 4.39 Å². The van der Waals surface area contributed by atoms with Crippen LogP contribution in [0, 0.1) is 9.39 Å². The number of allylic oxidation sites excluding steroid dienone is 1. The summed E-state index contributed by atoms with van der Waals surface area (Å²) in [7, 11) is 1.41. The molecule has 0 heterocycles. The second kappa shape index (κ2) is 14.4. The van der Waals surface area contributed by atoms with Crippen molar-refractivity contribution in [3.8, 4) is 11.5 Å². The lowest BCUT2D eigenvalue weighted by atomic mass is 9.87. The maximum atomic E-state index is 14.7. The van der Waals surface area contributed by atoms with Crippen molar-refractivity contribution in [3.05, 3.63) is 80.2 Å². The Morgan fingerprint density at radius 3 is 2.60 bits per heavy atom. The summed E-state index contributed by atoms with van der Waals surface area (Å²) in [6.07, 6.45) is 1.01. The lowest BCUT2D eigenvalue weighted by molar-refractivity contribution is -0.134. The number of ether oxygens (including phenoxy) is 2. The molecule has 40 heavy (non-hydrogen) atoms. The highest BCUT2D eigenvalue weighted by atomic mass is 127. The molecule has 2 amide bonds. The van der Waals surface area contributed by atoms with Crippen LogP contribution in [-0.2, 0) is 16.1 Å². The van der Waals surface area contributed by atoms with Crippen molar-refractivity contribution in [3.63, 3.8) is 0 Å². The van der Waals surface area contributed by atoms with E-state index in [2.05, 4.69) is 5.32 Å². The molecule has 0 aliphatic heterocycles. The first-order chi connectivity index (χ1) is 19.1. The van der Waals surface area contributed by atoms with Gasteiger partial charge in [-0.15, -0.1) is 0 Å². The minimum Gasteiger partial charge on any atom is -0.493 e. The molecule has 2 aromatic rings. The topological polar surface area (TPSA) is 125 Å². The Morgan fingerprint density at radius 1 is 1.25 bits per heavy atom. The largest absolute Gasteiger partial charge is 0.493 e. The molecule has 9 nitrogen and oxygen atoms in total. The van der Waals surface area contributed by atoms with Gasteiger partial charge in [0.15, 0.2) is 11.5 Å². The van der Waals surface area contributed by atoms with Crippen LogP contribution in [-0.4, -0.2) is 71.7 Å². The molecule has 0 saturated heterocycles. The Bertz CT molecular complexity index is 1310. The van der Waals surface area contributed by atoms with Crippen LogP contribution in [0.2, 0.25) is 0 Å². The van der Waals surface area contributed by atoms with E-state index in [4.69, 9.17) is 9.47 Å². The first-order valence-electron chi connectivity index (χ1n) is 12.6. The van der Waals surface area contributed by atoms with Gasteiger partial charge in [-0.3, -0.25) is 14.4 Å². The van der Waals surface area contributed by atoms with Crippen molar-refractivity contribution in [2.45, 2.75) is 45.1 Å². The van der Waals surface area contributed by atoms with E-state index in [0.717, 1.165) is 0 Å². The molecule has 3 N–H and O–H groups in total. The molecule has 0 radical (unpaired) electrons. The van der Waals surface area contributed by atoms with Gasteiger partial charge < -0.3 is 29.9 Å². The van der Waals surface area contributed by atoms with Crippen LogP contribution in [0.3, 0.4) is 0 Å². The van der Waals surface area contributed by atoms with Gasteiger partial charge in [-0.05, 0) is 60.7 Å². The third-order valence-corrected chi connectivity index (χ3v) is 7.05. The predicted molar refractivity (Wildman–Crippen MR) is 154 cm³/mol. The number of aliphatic hydroxyl groups excluding tert-OH is 2. The number of hydrogen-bond donors (Lipinski definition) is 3. The molecule has 3 unspecified atom stereocenters. The molecule has 1 aliphatic rings. The van der Waals surface area contributed by atoms with Gasteiger partial charge in [-0.1, -0.05) is 23.8 Å². The highest BCUT2D eigenvalue weighted by molar-refractivity contribution is 14.1. The Morgan fingerprint density at radius 2 is 1.98 bits per heavy atom. The second-order valence-corrected chi connectivity index (χ2v) is 10.6. The van der Waals surface area contributed by atoms with Crippen molar-refractivity contribution < 1.29 is 38.5 Å². The smallest absolute Gasteiger partial charge is 0.247 e. The standard InChI is InChI=1S/C29H32FIN2O7/c1-17(2)10-26(36)33(15-19-6-4-5-7-21(19)30)23-13-20(29(38)32-8-9-34)14-24(27(23)37)40-28-22(31)11-18(16-35)12-25(28)39-3/h4-7,10-12,14,16,23-24,27,34,37H,8-9,13,15H2,1-3H3,(H,32,38). The average Bonchev–Trinajstić information content (AvgIpc) is 2.92. The summed E-state index contributed by atoms with van der Waals surface area (Å²) in [5.41, 5.74) is 1.52. The van der Waals surface area contributed by atoms with Gasteiger partial charge in [0.1, 0.15) is 24.3 Å². The first-order valence-corrected chi connectivity index (χ1v) is 13.6. The number of carbonyl (C=O) groups excluding carboxylic acids is 3. The van der Waals surface area contributed by atoms with Crippen LogP contribution in [0.15, 0.2) is 59.7 Å². The van der Waals surface area contributed by atoms with E-state index in [1.54, 1.807) is 32.0 Å². The van der Waals surface area contributed by atoms with Crippen LogP contribution in [0.4, 0.5) is 4.39 Å². The third kappa shape index (κ3) is 7.67. The molecule has 3 atom stereocenters. The molecule has 0 fully saturated rings. The summed E-state index contributed by atoms with van der Waals surface area (Å²) in [6.45, 7) is 3.05. The van der Waals surface area contributed by atoms with E-state index >= 15 is 0 Å². The minimum absolute atomic E-state index is 0.00341. The number of carbonyl (C=O) groups is 3. The number of aliphatic hydroxyl groups is 2. The van der Waals surface area contributed by atoms with Crippen molar-refractivity contribution in [2.75, 3.05) is 20.3 Å². The zero-order chi connectivity index (χ0) is 29.4. The van der Waals surface area contributed by atoms with Crippen LogP contribution in [0.25, 0.3) is 0 Å². The highest BCUT2D eigenvalue weighted by Gasteiger charge is 2.41. The predicted octanol–water partition coefficient (Wildman–Crippen LogP) is 3.16. The third-order valence-electron chi connectivity index (χ3n) is 6.25. The first kappa shape index (κ1) is 31.2. The monoisotopic (exact) mass is 666 g/mol. The summed E-state index contributed by atoms with van der Waals surface area (Å²) < 4.78 is 26.8. The van der Waals surface area contributed by atoms with Crippen LogP contribution in [0.5, 0.6) is 11.5 Å². The van der Waals surface area contributed by atoms with Crippen LogP contribution >= 0.6 is 22.6 Å². The normalized spacial score (nSPS) is 18.3. The summed E-state index contributed by atoms with van der Waals surface area (Å²) in [6, 6.07) is 8.11. The van der Waals surface area contributed by atoms with Crippen LogP contribution < -0.4 is 14.8 Å². The number of nitrogens with one attached hydrogen (secondary N) is 1. The Balaban J connectivity index is 2.08. The van der Waals surface area contributed by atoms with E-state index in [0.29, 0.717) is 21.0 Å². The lowest BCUT2D eigenvalue weighted by Gasteiger charge is -2.40. The maximum Gasteiger partial charge on any atom is 0.247 e. The van der Waals surface area contributed by atoms with E-state index in [1.807, 2.05) is 22.6 Å². The number of nitrogens with zero attached hydrogens (tertiary/aromatic N) is 1. The Kier molecular flexibility index (Phi) is 11.2. The molecular weight excluding hydrogens is 634 g/mol. The summed E-state index contributed by atoms with van der Waals surface area (Å²) in [5.74, 6) is -1.00. The molecule has 11 heteroatoms. The summed E-state index contributed by atoms with van der Waals surface area (Å²) in [4.78, 5) is 39.1. The van der Waals surface area contributed by atoms with Crippen LogP contribution in [0.1, 0.15) is 36.2 Å². The van der Waals surface area contributed by atoms with Gasteiger partial charge in [0.25, 0.3) is 0 Å². The molecule has 0 bridgehead atoms. The number of aldehydes is 1. The number of amides is 2. The molecular formula is C29H32FIN2O7. The zero-order valence-corrected chi connectivity index (χ0v) is 24.6. The van der Waals surface area contributed by atoms with Crippen molar-refractivity contribution in [1.82, 2.24) is 10.2 Å². The number of methoxy groups -OCH3 is 1. The van der Waals surface area contributed by atoms with E-state index in [-0.39, 0.29) is 48.8 Å². The van der Waals surface area contributed by atoms with Gasteiger partial charge in [-0.2, -0.15) is 0 Å². The SMILES string of the molecule is COc1cc(C=O)cc(I)c1OC1C=C(C(=O)NCCO)CC(N(Cc2ccccc2F)C(=O)C=C(C)C)C1O. The number of halogens is 2. The molecule has 0 spiro atoms. The number of benzene rings is 2. The Hall–Kier alpha value is -3.29. The quantitative estimate of drug-likeness (QED) is 0.191. The van der Waals surface area contributed by atoms with E-state index in [1.165, 1.54) is 42.4 Å². The highest BCUT2D eigenvalue weighted by Crippen LogP contribution is 2.37. The zero-order valence-electron chi connectivity index (χ0n) is 22.4.